The predicted molar refractivity (Wildman–Crippen MR) is 120 cm³/mol. The van der Waals surface area contributed by atoms with Crippen molar-refractivity contribution < 1.29 is 22.8 Å². The number of anilines is 1. The van der Waals surface area contributed by atoms with E-state index in [1.807, 2.05) is 0 Å². The SMILES string of the molecule is COc1ncc(-c2cnc3ncc(C#CC(C)(C)O)n3n2)cc1NS(=O)c1ccc(F)cc1F. The highest BCUT2D eigenvalue weighted by Crippen LogP contribution is 2.29. The van der Waals surface area contributed by atoms with Crippen LogP contribution in [0.3, 0.4) is 0 Å². The molecule has 174 valence electrons. The molecule has 0 saturated heterocycles. The largest absolute Gasteiger partial charge is 0.480 e. The number of rotatable bonds is 5. The van der Waals surface area contributed by atoms with E-state index in [1.165, 1.54) is 30.2 Å². The maximum atomic E-state index is 14.0. The summed E-state index contributed by atoms with van der Waals surface area (Å²) in [7, 11) is -0.692. The van der Waals surface area contributed by atoms with Gasteiger partial charge in [0.1, 0.15) is 34.3 Å². The number of imidazole rings is 1. The van der Waals surface area contributed by atoms with Crippen LogP contribution in [0.25, 0.3) is 17.0 Å². The van der Waals surface area contributed by atoms with Gasteiger partial charge in [-0.1, -0.05) is 5.92 Å². The van der Waals surface area contributed by atoms with Crippen LogP contribution in [0.15, 0.2) is 47.8 Å². The first-order valence-corrected chi connectivity index (χ1v) is 10.9. The summed E-state index contributed by atoms with van der Waals surface area (Å²) < 4.78 is 49.2. The average Bonchev–Trinajstić information content (AvgIpc) is 3.19. The van der Waals surface area contributed by atoms with Crippen LogP contribution in [-0.2, 0) is 11.0 Å². The zero-order chi connectivity index (χ0) is 24.5. The molecule has 0 spiro atoms. The van der Waals surface area contributed by atoms with Crippen LogP contribution in [0, 0.1) is 23.5 Å². The first-order valence-electron chi connectivity index (χ1n) is 9.79. The lowest BCUT2D eigenvalue weighted by Gasteiger charge is -2.12. The Kier molecular flexibility index (Phi) is 6.23. The second-order valence-electron chi connectivity index (χ2n) is 7.53. The first kappa shape index (κ1) is 23.2. The molecule has 9 nitrogen and oxygen atoms in total. The summed E-state index contributed by atoms with van der Waals surface area (Å²) in [5.74, 6) is 4.19. The van der Waals surface area contributed by atoms with E-state index in [0.717, 1.165) is 12.1 Å². The number of hydrogen-bond donors (Lipinski definition) is 2. The second-order valence-corrected chi connectivity index (χ2v) is 8.72. The number of hydrogen-bond acceptors (Lipinski definition) is 7. The van der Waals surface area contributed by atoms with E-state index in [2.05, 4.69) is 36.6 Å². The van der Waals surface area contributed by atoms with Crippen LogP contribution in [-0.4, -0.2) is 46.6 Å². The number of aliphatic hydroxyl groups is 1. The third kappa shape index (κ3) is 5.00. The molecule has 0 aliphatic heterocycles. The van der Waals surface area contributed by atoms with E-state index in [1.54, 1.807) is 19.9 Å². The Morgan fingerprint density at radius 1 is 1.15 bits per heavy atom. The van der Waals surface area contributed by atoms with Gasteiger partial charge in [0.2, 0.25) is 5.88 Å². The molecule has 4 rings (SSSR count). The fraction of sp³-hybridized carbons (Fsp3) is 0.182. The molecular weight excluding hydrogens is 466 g/mol. The van der Waals surface area contributed by atoms with Crippen molar-refractivity contribution in [3.05, 3.63) is 60.2 Å². The molecule has 0 radical (unpaired) electrons. The maximum Gasteiger partial charge on any atom is 0.251 e. The zero-order valence-electron chi connectivity index (χ0n) is 18.2. The van der Waals surface area contributed by atoms with Gasteiger partial charge in [-0.25, -0.2) is 27.9 Å². The van der Waals surface area contributed by atoms with E-state index in [0.29, 0.717) is 28.8 Å². The predicted octanol–water partition coefficient (Wildman–Crippen LogP) is 2.73. The molecule has 1 unspecified atom stereocenters. The van der Waals surface area contributed by atoms with Crippen molar-refractivity contribution in [3.63, 3.8) is 0 Å². The zero-order valence-corrected chi connectivity index (χ0v) is 19.0. The first-order chi connectivity index (χ1) is 16.1. The third-order valence-corrected chi connectivity index (χ3v) is 5.50. The summed E-state index contributed by atoms with van der Waals surface area (Å²) in [6, 6.07) is 4.31. The Hall–Kier alpha value is -3.95. The molecule has 2 N–H and O–H groups in total. The second kappa shape index (κ2) is 9.12. The Balaban J connectivity index is 1.71. The minimum atomic E-state index is -2.07. The molecule has 12 heteroatoms. The number of pyridine rings is 1. The Bertz CT molecular complexity index is 1470. The van der Waals surface area contributed by atoms with Crippen LogP contribution < -0.4 is 9.46 Å². The molecule has 0 aliphatic carbocycles. The van der Waals surface area contributed by atoms with E-state index in [9.17, 15) is 18.1 Å². The maximum absolute atomic E-state index is 14.0. The van der Waals surface area contributed by atoms with E-state index < -0.39 is 28.2 Å². The smallest absolute Gasteiger partial charge is 0.251 e. The molecule has 0 amide bonds. The summed E-state index contributed by atoms with van der Waals surface area (Å²) in [4.78, 5) is 12.4. The number of nitrogens with one attached hydrogen (secondary N) is 1. The number of nitrogens with zero attached hydrogens (tertiary/aromatic N) is 5. The molecule has 4 aromatic rings. The molecule has 0 saturated carbocycles. The molecule has 3 aromatic heterocycles. The Morgan fingerprint density at radius 2 is 1.91 bits per heavy atom. The van der Waals surface area contributed by atoms with Gasteiger partial charge in [-0.2, -0.15) is 9.61 Å². The van der Waals surface area contributed by atoms with Crippen molar-refractivity contribution in [3.8, 4) is 29.0 Å². The Labute approximate surface area is 195 Å². The number of ether oxygens (including phenoxy) is 1. The van der Waals surface area contributed by atoms with Gasteiger partial charge in [-0.15, -0.1) is 0 Å². The van der Waals surface area contributed by atoms with Crippen LogP contribution in [0.1, 0.15) is 19.5 Å². The van der Waals surface area contributed by atoms with Crippen LogP contribution in [0.4, 0.5) is 14.5 Å². The summed E-state index contributed by atoms with van der Waals surface area (Å²) in [5.41, 5.74) is 0.268. The quantitative estimate of drug-likeness (QED) is 0.419. The number of halogens is 2. The standard InChI is InChI=1S/C22H18F2N6O3S/c1-22(2,31)7-6-15-11-26-21-27-12-18(28-30(15)21)13-8-17(20(33-3)25-10-13)29-34(32)19-5-4-14(23)9-16(19)24/h4-5,8-12,29,31H,1-3H3. The third-order valence-electron chi connectivity index (χ3n) is 4.36. The van der Waals surface area contributed by atoms with Crippen molar-refractivity contribution in [1.82, 2.24) is 24.6 Å². The summed E-state index contributed by atoms with van der Waals surface area (Å²) in [5, 5.41) is 14.3. The molecule has 0 fully saturated rings. The molecule has 0 bridgehead atoms. The highest BCUT2D eigenvalue weighted by atomic mass is 32.2. The van der Waals surface area contributed by atoms with Crippen LogP contribution in [0.2, 0.25) is 0 Å². The van der Waals surface area contributed by atoms with Crippen molar-refractivity contribution >= 4 is 22.5 Å². The van der Waals surface area contributed by atoms with Gasteiger partial charge in [0.05, 0.1) is 24.4 Å². The number of methoxy groups -OCH3 is 1. The number of benzene rings is 1. The molecular formula is C22H18F2N6O3S. The van der Waals surface area contributed by atoms with Gasteiger partial charge >= 0.3 is 0 Å². The van der Waals surface area contributed by atoms with Gasteiger partial charge in [-0.3, -0.25) is 4.72 Å². The highest BCUT2D eigenvalue weighted by Gasteiger charge is 2.16. The lowest BCUT2D eigenvalue weighted by Crippen LogP contribution is -2.14. The normalized spacial score (nSPS) is 12.2. The minimum absolute atomic E-state index is 0.105. The van der Waals surface area contributed by atoms with Crippen molar-refractivity contribution in [2.75, 3.05) is 11.8 Å². The summed E-state index contributed by atoms with van der Waals surface area (Å²) in [6.45, 7) is 3.11. The lowest BCUT2D eigenvalue weighted by molar-refractivity contribution is 0.143. The monoisotopic (exact) mass is 484 g/mol. The molecule has 1 aromatic carbocycles. The van der Waals surface area contributed by atoms with Gasteiger partial charge in [0.25, 0.3) is 5.78 Å². The fourth-order valence-corrected chi connectivity index (χ4v) is 3.70. The van der Waals surface area contributed by atoms with E-state index in [4.69, 9.17) is 4.74 Å². The van der Waals surface area contributed by atoms with Gasteiger partial charge in [0, 0.05) is 17.8 Å². The topological polar surface area (TPSA) is 115 Å². The molecule has 0 aliphatic rings. The van der Waals surface area contributed by atoms with Crippen molar-refractivity contribution in [2.24, 2.45) is 0 Å². The number of fused-ring (bicyclic) bond motifs is 1. The van der Waals surface area contributed by atoms with Crippen LogP contribution in [0.5, 0.6) is 5.88 Å². The molecule has 3 heterocycles. The van der Waals surface area contributed by atoms with E-state index in [-0.39, 0.29) is 16.5 Å². The Morgan fingerprint density at radius 3 is 2.62 bits per heavy atom. The molecule has 34 heavy (non-hydrogen) atoms. The minimum Gasteiger partial charge on any atom is -0.480 e. The number of aromatic nitrogens is 5. The van der Waals surface area contributed by atoms with Gasteiger partial charge in [-0.05, 0) is 38.0 Å². The highest BCUT2D eigenvalue weighted by molar-refractivity contribution is 7.86. The average molecular weight is 484 g/mol. The summed E-state index contributed by atoms with van der Waals surface area (Å²) in [6.07, 6.45) is 4.43. The molecule has 1 atom stereocenters. The summed E-state index contributed by atoms with van der Waals surface area (Å²) >= 11 is 0. The van der Waals surface area contributed by atoms with Gasteiger partial charge < -0.3 is 9.84 Å². The van der Waals surface area contributed by atoms with E-state index >= 15 is 0 Å². The fourth-order valence-electron chi connectivity index (χ4n) is 2.82. The van der Waals surface area contributed by atoms with Crippen LogP contribution >= 0.6 is 0 Å². The van der Waals surface area contributed by atoms with Crippen molar-refractivity contribution in [2.45, 2.75) is 24.3 Å². The lowest BCUT2D eigenvalue weighted by atomic mass is 10.1. The van der Waals surface area contributed by atoms with Crippen molar-refractivity contribution in [1.29, 1.82) is 0 Å². The van der Waals surface area contributed by atoms with Gasteiger partial charge in [0.15, 0.2) is 11.0 Å².